The highest BCUT2D eigenvalue weighted by molar-refractivity contribution is 8.04. The number of Topliss-reactive ketones (excluding diaryl/α,β-unsaturated/α-hetero) is 1. The molecule has 1 N–H and O–H groups in total. The first-order valence-electron chi connectivity index (χ1n) is 6.12. The number of halogens is 1. The van der Waals surface area contributed by atoms with Crippen LogP contribution in [0.15, 0.2) is 58.3 Å². The molecule has 0 fully saturated rings. The fourth-order valence-corrected chi connectivity index (χ4v) is 2.96. The molecule has 0 spiro atoms. The largest absolute Gasteiger partial charge is 0.507 e. The van der Waals surface area contributed by atoms with Gasteiger partial charge in [-0.05, 0) is 30.3 Å². The van der Waals surface area contributed by atoms with Crippen molar-refractivity contribution in [1.82, 2.24) is 0 Å². The average molecular weight is 300 g/mol. The lowest BCUT2D eigenvalue weighted by Crippen LogP contribution is -2.15. The van der Waals surface area contributed by atoms with Gasteiger partial charge in [0.25, 0.3) is 0 Å². The highest BCUT2D eigenvalue weighted by atomic mass is 32.2. The zero-order chi connectivity index (χ0) is 15.0. The van der Waals surface area contributed by atoms with Gasteiger partial charge in [0, 0.05) is 16.5 Å². The van der Waals surface area contributed by atoms with E-state index >= 15 is 0 Å². The molecule has 3 rings (SSSR count). The van der Waals surface area contributed by atoms with Crippen LogP contribution in [-0.2, 0) is 0 Å². The van der Waals surface area contributed by atoms with Crippen molar-refractivity contribution in [2.75, 3.05) is 0 Å². The van der Waals surface area contributed by atoms with Gasteiger partial charge in [0.15, 0.2) is 5.78 Å². The van der Waals surface area contributed by atoms with Crippen LogP contribution >= 0.6 is 11.8 Å². The van der Waals surface area contributed by atoms with Gasteiger partial charge in [0.2, 0.25) is 5.78 Å². The van der Waals surface area contributed by atoms with E-state index in [0.717, 1.165) is 11.8 Å². The Bertz CT molecular complexity index is 779. The molecule has 104 valence electrons. The molecular weight excluding hydrogens is 291 g/mol. The number of ketones is 2. The average Bonchev–Trinajstić information content (AvgIpc) is 2.46. The number of aromatic hydroxyl groups is 1. The third-order valence-corrected chi connectivity index (χ3v) is 4.09. The predicted octanol–water partition coefficient (Wildman–Crippen LogP) is 3.59. The van der Waals surface area contributed by atoms with Gasteiger partial charge in [0.05, 0.1) is 10.5 Å². The van der Waals surface area contributed by atoms with E-state index in [-0.39, 0.29) is 33.4 Å². The zero-order valence-corrected chi connectivity index (χ0v) is 11.5. The molecule has 0 radical (unpaired) electrons. The Labute approximate surface area is 124 Å². The lowest BCUT2D eigenvalue weighted by Gasteiger charge is -2.15. The molecule has 3 nitrogen and oxygen atoms in total. The highest BCUT2D eigenvalue weighted by Gasteiger charge is 2.28. The molecular formula is C16H9FO3S. The zero-order valence-electron chi connectivity index (χ0n) is 10.7. The maximum atomic E-state index is 12.9. The summed E-state index contributed by atoms with van der Waals surface area (Å²) in [4.78, 5) is 25.3. The number of hydrogen-bond acceptors (Lipinski definition) is 4. The van der Waals surface area contributed by atoms with Crippen LogP contribution in [-0.4, -0.2) is 16.7 Å². The number of thioether (sulfide) groups is 1. The summed E-state index contributed by atoms with van der Waals surface area (Å²) in [6, 6.07) is 10.0. The first-order valence-corrected chi connectivity index (χ1v) is 6.94. The van der Waals surface area contributed by atoms with Crippen LogP contribution in [0.25, 0.3) is 0 Å². The SMILES string of the molecule is O=C1C=C(Sc2ccc(F)cc2)C(=O)c2c(O)cccc21. The summed E-state index contributed by atoms with van der Waals surface area (Å²) in [5, 5.41) is 9.81. The normalized spacial score (nSPS) is 13.9. The van der Waals surface area contributed by atoms with E-state index in [0.29, 0.717) is 4.90 Å². The van der Waals surface area contributed by atoms with Crippen molar-refractivity contribution in [2.24, 2.45) is 0 Å². The molecule has 0 heterocycles. The Morgan fingerprint density at radius 2 is 1.71 bits per heavy atom. The van der Waals surface area contributed by atoms with Gasteiger partial charge in [-0.25, -0.2) is 4.39 Å². The number of carbonyl (C=O) groups is 2. The first kappa shape index (κ1) is 13.6. The molecule has 1 aliphatic carbocycles. The van der Waals surface area contributed by atoms with E-state index in [4.69, 9.17) is 0 Å². The summed E-state index contributed by atoms with van der Waals surface area (Å²) in [7, 11) is 0. The Balaban J connectivity index is 1.98. The fourth-order valence-electron chi connectivity index (χ4n) is 2.08. The third-order valence-electron chi connectivity index (χ3n) is 3.06. The molecule has 5 heteroatoms. The topological polar surface area (TPSA) is 54.4 Å². The van der Waals surface area contributed by atoms with E-state index in [1.165, 1.54) is 48.5 Å². The molecule has 0 saturated heterocycles. The van der Waals surface area contributed by atoms with E-state index in [1.54, 1.807) is 0 Å². The quantitative estimate of drug-likeness (QED) is 0.921. The lowest BCUT2D eigenvalue weighted by atomic mass is 9.94. The maximum absolute atomic E-state index is 12.9. The molecule has 1 aliphatic rings. The van der Waals surface area contributed by atoms with Crippen molar-refractivity contribution in [3.8, 4) is 5.75 Å². The summed E-state index contributed by atoms with van der Waals surface area (Å²) in [5.41, 5.74) is 0.220. The summed E-state index contributed by atoms with van der Waals surface area (Å²) < 4.78 is 12.9. The molecule has 0 saturated carbocycles. The van der Waals surface area contributed by atoms with Gasteiger partial charge < -0.3 is 5.11 Å². The predicted molar refractivity (Wildman–Crippen MR) is 77.1 cm³/mol. The second-order valence-corrected chi connectivity index (χ2v) is 5.57. The molecule has 21 heavy (non-hydrogen) atoms. The third kappa shape index (κ3) is 2.48. The summed E-state index contributed by atoms with van der Waals surface area (Å²) in [5.74, 6) is -1.32. The number of hydrogen-bond donors (Lipinski definition) is 1. The molecule has 0 aromatic heterocycles. The molecule has 0 aliphatic heterocycles. The van der Waals surface area contributed by atoms with E-state index in [9.17, 15) is 19.1 Å². The van der Waals surface area contributed by atoms with Crippen molar-refractivity contribution in [1.29, 1.82) is 0 Å². The number of rotatable bonds is 2. The van der Waals surface area contributed by atoms with Gasteiger partial charge >= 0.3 is 0 Å². The number of phenols is 1. The number of phenolic OH excluding ortho intramolecular Hbond substituents is 1. The van der Waals surface area contributed by atoms with E-state index in [2.05, 4.69) is 0 Å². The Hall–Kier alpha value is -2.40. The summed E-state index contributed by atoms with van der Waals surface area (Å²) >= 11 is 1.07. The number of benzene rings is 2. The first-order chi connectivity index (χ1) is 10.1. The van der Waals surface area contributed by atoms with Gasteiger partial charge in [-0.1, -0.05) is 23.9 Å². The molecule has 2 aromatic rings. The van der Waals surface area contributed by atoms with Crippen LogP contribution < -0.4 is 0 Å². The van der Waals surface area contributed by atoms with Crippen molar-refractivity contribution in [3.05, 3.63) is 70.4 Å². The molecule has 2 aromatic carbocycles. The van der Waals surface area contributed by atoms with Crippen molar-refractivity contribution in [2.45, 2.75) is 4.90 Å². The van der Waals surface area contributed by atoms with Gasteiger partial charge in [-0.2, -0.15) is 0 Å². The minimum absolute atomic E-state index is 0.0228. The minimum atomic E-state index is -0.406. The molecule has 0 bridgehead atoms. The minimum Gasteiger partial charge on any atom is -0.507 e. The van der Waals surface area contributed by atoms with Crippen LogP contribution in [0.5, 0.6) is 5.75 Å². The van der Waals surface area contributed by atoms with E-state index in [1.807, 2.05) is 0 Å². The summed E-state index contributed by atoms with van der Waals surface area (Å²) in [6.07, 6.45) is 1.25. The monoisotopic (exact) mass is 300 g/mol. The number of carbonyl (C=O) groups excluding carboxylic acids is 2. The number of fused-ring (bicyclic) bond motifs is 1. The Morgan fingerprint density at radius 3 is 2.43 bits per heavy atom. The Kier molecular flexibility index (Phi) is 3.35. The van der Waals surface area contributed by atoms with Crippen LogP contribution in [0.2, 0.25) is 0 Å². The van der Waals surface area contributed by atoms with Gasteiger partial charge in [-0.3, -0.25) is 9.59 Å². The van der Waals surface area contributed by atoms with Crippen LogP contribution in [0.1, 0.15) is 20.7 Å². The van der Waals surface area contributed by atoms with Gasteiger partial charge in [-0.15, -0.1) is 0 Å². The molecule has 0 atom stereocenters. The highest BCUT2D eigenvalue weighted by Crippen LogP contribution is 2.36. The van der Waals surface area contributed by atoms with Crippen LogP contribution in [0.4, 0.5) is 4.39 Å². The summed E-state index contributed by atoms with van der Waals surface area (Å²) in [6.45, 7) is 0. The van der Waals surface area contributed by atoms with Crippen molar-refractivity contribution >= 4 is 23.3 Å². The second-order valence-electron chi connectivity index (χ2n) is 4.46. The van der Waals surface area contributed by atoms with Crippen LogP contribution in [0.3, 0.4) is 0 Å². The van der Waals surface area contributed by atoms with Crippen molar-refractivity contribution < 1.29 is 19.1 Å². The van der Waals surface area contributed by atoms with Crippen molar-refractivity contribution in [3.63, 3.8) is 0 Å². The maximum Gasteiger partial charge on any atom is 0.204 e. The molecule has 0 amide bonds. The smallest absolute Gasteiger partial charge is 0.204 e. The molecule has 0 unspecified atom stereocenters. The second kappa shape index (κ2) is 5.18. The Morgan fingerprint density at radius 1 is 1.00 bits per heavy atom. The van der Waals surface area contributed by atoms with E-state index < -0.39 is 5.78 Å². The fraction of sp³-hybridized carbons (Fsp3) is 0. The standard InChI is InChI=1S/C16H9FO3S/c17-9-4-6-10(7-5-9)21-14-8-13(19)11-2-1-3-12(18)15(11)16(14)20/h1-8,18H. The lowest BCUT2D eigenvalue weighted by molar-refractivity contribution is 0.0989. The van der Waals surface area contributed by atoms with Crippen LogP contribution in [0, 0.1) is 5.82 Å². The van der Waals surface area contributed by atoms with Gasteiger partial charge in [0.1, 0.15) is 11.6 Å². The number of allylic oxidation sites excluding steroid dienone is 2.